The van der Waals surface area contributed by atoms with E-state index in [1.165, 1.54) is 23.1 Å². The third-order valence-corrected chi connectivity index (χ3v) is 12.8. The normalized spacial score (nSPS) is 25.8. The van der Waals surface area contributed by atoms with Crippen LogP contribution in [0.1, 0.15) is 67.9 Å². The van der Waals surface area contributed by atoms with Crippen LogP contribution < -0.4 is 5.32 Å². The van der Waals surface area contributed by atoms with Gasteiger partial charge < -0.3 is 39.0 Å². The summed E-state index contributed by atoms with van der Waals surface area (Å²) in [6.45, 7) is 2.96. The Morgan fingerprint density at radius 3 is 2.24 bits per heavy atom. The molecular formula is C49H54F3N3O12. The Kier molecular flexibility index (Phi) is 13.4. The second-order valence-electron chi connectivity index (χ2n) is 18.9. The maximum absolute atomic E-state index is 15.7. The average molecular weight is 934 g/mol. The summed E-state index contributed by atoms with van der Waals surface area (Å²) in [5, 5.41) is 14.6. The number of halogens is 3. The van der Waals surface area contributed by atoms with E-state index in [-0.39, 0.29) is 32.2 Å². The Bertz CT molecular complexity index is 2350. The summed E-state index contributed by atoms with van der Waals surface area (Å²) >= 11 is 0. The molecule has 0 radical (unpaired) electrons. The van der Waals surface area contributed by atoms with Crippen LogP contribution in [0.2, 0.25) is 0 Å². The van der Waals surface area contributed by atoms with Crippen LogP contribution in [0.25, 0.3) is 6.08 Å². The topological polar surface area (TPSA) is 179 Å². The lowest BCUT2D eigenvalue weighted by atomic mass is 9.62. The van der Waals surface area contributed by atoms with E-state index in [0.717, 1.165) is 22.8 Å². The van der Waals surface area contributed by atoms with Crippen molar-refractivity contribution >= 4 is 35.8 Å². The standard InChI is InChI=1S/C49H54F3N3O12/c1-46(2,3)64-38(58)21-19-34(27-56)53-43(59)35(22-30-10-6-5-7-11-30)54(4)45(61)48-25-36-39-40(66-47(65-39)23-32-12-8-9-13-33(32)24-47)42(48)67-55(41(48)44(60)63-36)26-31-16-14-29(15-17-31)18-20-37(57)62-28-49(50,51)52/h5-18,20,34-36,39-42,56H,19,21-28H2,1-4H3,(H,53,59)/t34-,35+,36+,39-,40-,41-,42+,48-/m0/s1. The number of ether oxygens (including phenoxy) is 5. The van der Waals surface area contributed by atoms with Crippen LogP contribution in [0.4, 0.5) is 13.2 Å². The molecule has 0 aromatic heterocycles. The highest BCUT2D eigenvalue weighted by atomic mass is 19.4. The highest BCUT2D eigenvalue weighted by Gasteiger charge is 2.77. The number of likely N-dealkylation sites (N-methyl/N-ethyl adjacent to an activating group) is 1. The molecule has 0 unspecified atom stereocenters. The molecule has 2 bridgehead atoms. The van der Waals surface area contributed by atoms with Crippen molar-refractivity contribution in [2.24, 2.45) is 5.41 Å². The number of esters is 3. The molecule has 4 fully saturated rings. The molecule has 2 N–H and O–H groups in total. The summed E-state index contributed by atoms with van der Waals surface area (Å²) in [6, 6.07) is 20.1. The quantitative estimate of drug-likeness (QED) is 0.123. The number of amides is 2. The second kappa shape index (κ2) is 18.8. The van der Waals surface area contributed by atoms with Gasteiger partial charge in [-0.2, -0.15) is 18.2 Å². The molecule has 3 aromatic rings. The minimum Gasteiger partial charge on any atom is -0.460 e. The number of hydroxylamine groups is 2. The number of aliphatic hydroxyl groups is 1. The van der Waals surface area contributed by atoms with Gasteiger partial charge in [0.2, 0.25) is 11.8 Å². The van der Waals surface area contributed by atoms with E-state index < -0.39 is 108 Å². The minimum atomic E-state index is -4.67. The molecule has 1 spiro atoms. The van der Waals surface area contributed by atoms with Crippen LogP contribution in [-0.4, -0.2) is 125 Å². The molecule has 15 nitrogen and oxygen atoms in total. The van der Waals surface area contributed by atoms with Gasteiger partial charge in [-0.3, -0.25) is 24.0 Å². The summed E-state index contributed by atoms with van der Waals surface area (Å²) in [5.74, 6) is -4.70. The lowest BCUT2D eigenvalue weighted by molar-refractivity contribution is -0.218. The number of nitrogens with one attached hydrogen (secondary N) is 1. The molecule has 5 aliphatic rings. The van der Waals surface area contributed by atoms with Crippen LogP contribution in [-0.2, 0) is 78.3 Å². The van der Waals surface area contributed by atoms with Gasteiger partial charge in [-0.05, 0) is 61.1 Å². The zero-order valence-corrected chi connectivity index (χ0v) is 37.5. The van der Waals surface area contributed by atoms with Crippen molar-refractivity contribution in [3.63, 3.8) is 0 Å². The maximum Gasteiger partial charge on any atom is 0.422 e. The number of benzene rings is 3. The number of hydrogen-bond acceptors (Lipinski definition) is 13. The summed E-state index contributed by atoms with van der Waals surface area (Å²) in [5.41, 5.74) is 1.48. The number of fused-ring (bicyclic) bond motifs is 5. The van der Waals surface area contributed by atoms with Gasteiger partial charge in [0.15, 0.2) is 18.4 Å². The molecule has 3 aliphatic heterocycles. The van der Waals surface area contributed by atoms with Gasteiger partial charge in [0.1, 0.15) is 41.5 Å². The van der Waals surface area contributed by atoms with E-state index in [9.17, 15) is 37.5 Å². The number of nitrogens with zero attached hydrogens (tertiary/aromatic N) is 2. The first kappa shape index (κ1) is 47.8. The van der Waals surface area contributed by atoms with Gasteiger partial charge in [-0.1, -0.05) is 78.9 Å². The molecule has 3 aromatic carbocycles. The number of rotatable bonds is 15. The van der Waals surface area contributed by atoms with Gasteiger partial charge >= 0.3 is 24.1 Å². The van der Waals surface area contributed by atoms with Crippen molar-refractivity contribution in [2.75, 3.05) is 20.3 Å². The third kappa shape index (κ3) is 10.3. The van der Waals surface area contributed by atoms with Crippen LogP contribution in [0.15, 0.2) is 84.9 Å². The number of carbonyl (C=O) groups is 5. The molecular weight excluding hydrogens is 880 g/mol. The molecule has 18 heteroatoms. The zero-order chi connectivity index (χ0) is 47.9. The van der Waals surface area contributed by atoms with E-state index in [4.69, 9.17) is 23.8 Å². The Hall–Kier alpha value is -5.66. The van der Waals surface area contributed by atoms with Gasteiger partial charge in [-0.25, -0.2) is 4.79 Å². The Morgan fingerprint density at radius 2 is 1.60 bits per heavy atom. The van der Waals surface area contributed by atoms with E-state index in [2.05, 4.69) is 10.1 Å². The van der Waals surface area contributed by atoms with Gasteiger partial charge in [-0.15, -0.1) is 0 Å². The molecule has 1 saturated carbocycles. The first-order chi connectivity index (χ1) is 31.8. The molecule has 3 saturated heterocycles. The molecule has 8 atom stereocenters. The monoisotopic (exact) mass is 933 g/mol. The van der Waals surface area contributed by atoms with Crippen molar-refractivity contribution in [2.45, 2.75) is 126 Å². The van der Waals surface area contributed by atoms with Gasteiger partial charge in [0.05, 0.1) is 19.2 Å². The minimum absolute atomic E-state index is 0.0235. The molecule has 8 rings (SSSR count). The molecule has 2 amide bonds. The summed E-state index contributed by atoms with van der Waals surface area (Å²) in [4.78, 5) is 77.3. The van der Waals surface area contributed by atoms with E-state index in [0.29, 0.717) is 24.0 Å². The number of carbonyl (C=O) groups excluding carboxylic acids is 5. The van der Waals surface area contributed by atoms with Crippen molar-refractivity contribution in [1.29, 1.82) is 0 Å². The number of hydrogen-bond donors (Lipinski definition) is 2. The predicted molar refractivity (Wildman–Crippen MR) is 231 cm³/mol. The molecule has 3 heterocycles. The largest absolute Gasteiger partial charge is 0.460 e. The molecule has 2 aliphatic carbocycles. The van der Waals surface area contributed by atoms with Crippen molar-refractivity contribution in [1.82, 2.24) is 15.3 Å². The number of alkyl halides is 3. The Morgan fingerprint density at radius 1 is 0.940 bits per heavy atom. The zero-order valence-electron chi connectivity index (χ0n) is 37.5. The van der Waals surface area contributed by atoms with Crippen molar-refractivity contribution in [3.8, 4) is 0 Å². The first-order valence-corrected chi connectivity index (χ1v) is 22.3. The smallest absolute Gasteiger partial charge is 0.422 e. The fraction of sp³-hybridized carbons (Fsp3) is 0.490. The lowest BCUT2D eigenvalue weighted by Gasteiger charge is -2.50. The highest BCUT2D eigenvalue weighted by Crippen LogP contribution is 2.59. The van der Waals surface area contributed by atoms with Crippen LogP contribution in [0.5, 0.6) is 0 Å². The van der Waals surface area contributed by atoms with E-state index >= 15 is 4.79 Å². The first-order valence-electron chi connectivity index (χ1n) is 22.3. The highest BCUT2D eigenvalue weighted by molar-refractivity contribution is 5.96. The van der Waals surface area contributed by atoms with Crippen LogP contribution >= 0.6 is 0 Å². The fourth-order valence-corrected chi connectivity index (χ4v) is 9.92. The van der Waals surface area contributed by atoms with Crippen molar-refractivity contribution in [3.05, 3.63) is 113 Å². The van der Waals surface area contributed by atoms with E-state index in [1.807, 2.05) is 42.5 Å². The number of aliphatic hydroxyl groups excluding tert-OH is 1. The Labute approximate surface area is 385 Å². The lowest BCUT2D eigenvalue weighted by Crippen LogP contribution is -2.70. The van der Waals surface area contributed by atoms with Gasteiger partial charge in [0.25, 0.3) is 0 Å². The molecule has 67 heavy (non-hydrogen) atoms. The predicted octanol–water partition coefficient (Wildman–Crippen LogP) is 4.55. The van der Waals surface area contributed by atoms with E-state index in [1.54, 1.807) is 57.2 Å². The summed E-state index contributed by atoms with van der Waals surface area (Å²) in [7, 11) is 1.50. The van der Waals surface area contributed by atoms with Crippen LogP contribution in [0, 0.1) is 5.41 Å². The second-order valence-corrected chi connectivity index (χ2v) is 18.9. The third-order valence-electron chi connectivity index (χ3n) is 12.8. The average Bonchev–Trinajstić information content (AvgIpc) is 3.96. The SMILES string of the molecule is CN(C(=O)[C@@]12C[C@H]3OC(=O)[C@@H]1N(Cc1ccc(C=CC(=O)OCC(F)(F)F)cc1)O[C@@H]2[C@H]1OC2(Cc4ccccc4C2)O[C@H]13)[C@H](Cc1ccccc1)C(=O)N[C@H](CO)CCC(=O)OC(C)(C)C. The summed E-state index contributed by atoms with van der Waals surface area (Å²) < 4.78 is 67.1. The maximum atomic E-state index is 15.7. The molecule has 358 valence electrons. The fourth-order valence-electron chi connectivity index (χ4n) is 9.92. The Balaban J connectivity index is 1.09. The van der Waals surface area contributed by atoms with Crippen molar-refractivity contribution < 1.29 is 70.8 Å². The van der Waals surface area contributed by atoms with Gasteiger partial charge in [0, 0.05) is 45.2 Å². The summed E-state index contributed by atoms with van der Waals surface area (Å²) in [6.07, 6.45) is -5.38. The van der Waals surface area contributed by atoms with Crippen LogP contribution in [0.3, 0.4) is 0 Å².